The second-order valence-electron chi connectivity index (χ2n) is 8.19. The van der Waals surface area contributed by atoms with Crippen LogP contribution in [-0.4, -0.2) is 42.6 Å². The molecule has 0 radical (unpaired) electrons. The average molecular weight is 529 g/mol. The number of benzene rings is 2. The molecule has 1 amide bonds. The number of ether oxygens (including phenoxy) is 1. The van der Waals surface area contributed by atoms with Gasteiger partial charge in [0.05, 0.1) is 16.1 Å². The molecule has 3 aromatic rings. The Hall–Kier alpha value is -4.19. The van der Waals surface area contributed by atoms with E-state index in [0.717, 1.165) is 21.6 Å². The molecule has 0 spiro atoms. The first-order chi connectivity index (χ1) is 17.6. The third kappa shape index (κ3) is 6.33. The van der Waals surface area contributed by atoms with Gasteiger partial charge in [-0.2, -0.15) is 0 Å². The first kappa shape index (κ1) is 27.4. The van der Waals surface area contributed by atoms with E-state index in [1.54, 1.807) is 30.3 Å². The van der Waals surface area contributed by atoms with Crippen molar-refractivity contribution in [3.8, 4) is 0 Å². The Bertz CT molecular complexity index is 1510. The summed E-state index contributed by atoms with van der Waals surface area (Å²) >= 11 is 0. The first-order valence-electron chi connectivity index (χ1n) is 11.5. The Balaban J connectivity index is 1.75. The molecule has 0 aliphatic rings. The number of hydrogen-bond acceptors (Lipinski definition) is 7. The zero-order valence-electron chi connectivity index (χ0n) is 20.7. The summed E-state index contributed by atoms with van der Waals surface area (Å²) in [5.74, 6) is -1.75. The SMILES string of the molecule is CCCCN(c1ccccc1)S(=O)(=O)c1cccc(C(=O)OCC(=O)Nc2cc(=O)n(C)c(=O)n2C)c1. The van der Waals surface area contributed by atoms with Gasteiger partial charge >= 0.3 is 11.7 Å². The van der Waals surface area contributed by atoms with Gasteiger partial charge in [0, 0.05) is 26.7 Å². The number of aromatic nitrogens is 2. The standard InChI is InChI=1S/C25H28N4O7S/c1-4-5-14-29(19-11-7-6-8-12-19)37(34,35)20-13-9-10-18(15-20)24(32)36-17-22(30)26-21-16-23(31)28(3)25(33)27(21)2/h6-13,15-16H,4-5,14,17H2,1-3H3,(H,26,30). The molecular formula is C25H28N4O7S. The van der Waals surface area contributed by atoms with Gasteiger partial charge in [0.25, 0.3) is 21.5 Å². The molecule has 1 aromatic heterocycles. The Morgan fingerprint density at radius 3 is 2.35 bits per heavy atom. The molecular weight excluding hydrogens is 500 g/mol. The van der Waals surface area contributed by atoms with E-state index < -0.39 is 39.8 Å². The highest BCUT2D eigenvalue weighted by Crippen LogP contribution is 2.25. The molecule has 1 heterocycles. The monoisotopic (exact) mass is 528 g/mol. The van der Waals surface area contributed by atoms with Gasteiger partial charge in [-0.3, -0.25) is 23.0 Å². The van der Waals surface area contributed by atoms with Crippen LogP contribution in [0.2, 0.25) is 0 Å². The predicted octanol–water partition coefficient (Wildman–Crippen LogP) is 1.87. The van der Waals surface area contributed by atoms with Crippen LogP contribution in [-0.2, 0) is 33.7 Å². The van der Waals surface area contributed by atoms with Crippen LogP contribution in [0.4, 0.5) is 11.5 Å². The zero-order valence-corrected chi connectivity index (χ0v) is 21.5. The first-order valence-corrected chi connectivity index (χ1v) is 12.9. The molecule has 0 saturated heterocycles. The van der Waals surface area contributed by atoms with Gasteiger partial charge in [-0.15, -0.1) is 0 Å². The summed E-state index contributed by atoms with van der Waals surface area (Å²) in [6.45, 7) is 1.51. The van der Waals surface area contributed by atoms with Crippen molar-refractivity contribution in [2.45, 2.75) is 24.7 Å². The number of carbonyl (C=O) groups excluding carboxylic acids is 2. The zero-order chi connectivity index (χ0) is 27.2. The quantitative estimate of drug-likeness (QED) is 0.397. The van der Waals surface area contributed by atoms with Gasteiger partial charge in [0.1, 0.15) is 5.82 Å². The maximum Gasteiger partial charge on any atom is 0.338 e. The number of amides is 1. The number of esters is 1. The molecule has 0 unspecified atom stereocenters. The second kappa shape index (κ2) is 11.7. The van der Waals surface area contributed by atoms with Crippen LogP contribution >= 0.6 is 0 Å². The fourth-order valence-corrected chi connectivity index (χ4v) is 4.99. The van der Waals surface area contributed by atoms with Crippen LogP contribution in [0.5, 0.6) is 0 Å². The van der Waals surface area contributed by atoms with Gasteiger partial charge in [-0.25, -0.2) is 18.0 Å². The summed E-state index contributed by atoms with van der Waals surface area (Å²) in [6.07, 6.45) is 1.43. The summed E-state index contributed by atoms with van der Waals surface area (Å²) < 4.78 is 35.2. The third-order valence-corrected chi connectivity index (χ3v) is 7.37. The number of anilines is 2. The van der Waals surface area contributed by atoms with Crippen molar-refractivity contribution in [3.05, 3.63) is 87.1 Å². The van der Waals surface area contributed by atoms with Crippen LogP contribution in [0, 0.1) is 0 Å². The van der Waals surface area contributed by atoms with Gasteiger partial charge in [0.2, 0.25) is 0 Å². The van der Waals surface area contributed by atoms with Crippen molar-refractivity contribution in [3.63, 3.8) is 0 Å². The van der Waals surface area contributed by atoms with E-state index in [-0.39, 0.29) is 22.8 Å². The van der Waals surface area contributed by atoms with E-state index in [9.17, 15) is 27.6 Å². The van der Waals surface area contributed by atoms with Crippen LogP contribution in [0.1, 0.15) is 30.1 Å². The van der Waals surface area contributed by atoms with E-state index in [1.165, 1.54) is 42.7 Å². The highest BCUT2D eigenvalue weighted by atomic mass is 32.2. The molecule has 0 saturated carbocycles. The molecule has 12 heteroatoms. The number of nitrogens with zero attached hydrogens (tertiary/aromatic N) is 3. The van der Waals surface area contributed by atoms with E-state index >= 15 is 0 Å². The molecule has 0 atom stereocenters. The third-order valence-electron chi connectivity index (χ3n) is 5.54. The van der Waals surface area contributed by atoms with Crippen molar-refractivity contribution in [2.75, 3.05) is 22.8 Å². The maximum absolute atomic E-state index is 13.4. The fraction of sp³-hybridized carbons (Fsp3) is 0.280. The minimum Gasteiger partial charge on any atom is -0.452 e. The predicted molar refractivity (Wildman–Crippen MR) is 138 cm³/mol. The Morgan fingerprint density at radius 2 is 1.68 bits per heavy atom. The van der Waals surface area contributed by atoms with Gasteiger partial charge in [-0.1, -0.05) is 37.6 Å². The van der Waals surface area contributed by atoms with E-state index in [0.29, 0.717) is 12.1 Å². The lowest BCUT2D eigenvalue weighted by atomic mass is 10.2. The largest absolute Gasteiger partial charge is 0.452 e. The van der Waals surface area contributed by atoms with Gasteiger partial charge < -0.3 is 10.1 Å². The average Bonchev–Trinajstić information content (AvgIpc) is 2.90. The molecule has 3 rings (SSSR count). The van der Waals surface area contributed by atoms with Gasteiger partial charge in [0.15, 0.2) is 6.61 Å². The molecule has 196 valence electrons. The van der Waals surface area contributed by atoms with Crippen molar-refractivity contribution >= 4 is 33.4 Å². The summed E-state index contributed by atoms with van der Waals surface area (Å²) in [5.41, 5.74) is -0.803. The van der Waals surface area contributed by atoms with Crippen LogP contribution < -0.4 is 20.9 Å². The number of carbonyl (C=O) groups is 2. The van der Waals surface area contributed by atoms with Crippen LogP contribution in [0.25, 0.3) is 0 Å². The number of para-hydroxylation sites is 1. The number of sulfonamides is 1. The Morgan fingerprint density at radius 1 is 0.973 bits per heavy atom. The number of unbranched alkanes of at least 4 members (excludes halogenated alkanes) is 1. The van der Waals surface area contributed by atoms with Crippen molar-refractivity contribution in [1.29, 1.82) is 0 Å². The van der Waals surface area contributed by atoms with Crippen LogP contribution in [0.3, 0.4) is 0 Å². The minimum atomic E-state index is -3.99. The van der Waals surface area contributed by atoms with E-state index in [4.69, 9.17) is 4.74 Å². The highest BCUT2D eigenvalue weighted by molar-refractivity contribution is 7.92. The maximum atomic E-state index is 13.4. The number of nitrogens with one attached hydrogen (secondary N) is 1. The lowest BCUT2D eigenvalue weighted by molar-refractivity contribution is -0.119. The van der Waals surface area contributed by atoms with Gasteiger partial charge in [-0.05, 0) is 36.8 Å². The minimum absolute atomic E-state index is 0.0571. The topological polar surface area (TPSA) is 137 Å². The molecule has 37 heavy (non-hydrogen) atoms. The summed E-state index contributed by atoms with van der Waals surface area (Å²) in [4.78, 5) is 48.6. The Labute approximate surface area is 214 Å². The molecule has 2 aromatic carbocycles. The molecule has 1 N–H and O–H groups in total. The molecule has 0 fully saturated rings. The lowest BCUT2D eigenvalue weighted by Gasteiger charge is -2.24. The smallest absolute Gasteiger partial charge is 0.338 e. The highest BCUT2D eigenvalue weighted by Gasteiger charge is 2.25. The van der Waals surface area contributed by atoms with E-state index in [2.05, 4.69) is 5.32 Å². The fourth-order valence-electron chi connectivity index (χ4n) is 3.44. The Kier molecular flexibility index (Phi) is 8.66. The number of hydrogen-bond donors (Lipinski definition) is 1. The van der Waals surface area contributed by atoms with E-state index in [1.807, 2.05) is 6.92 Å². The lowest BCUT2D eigenvalue weighted by Crippen LogP contribution is -2.38. The second-order valence-corrected chi connectivity index (χ2v) is 10.0. The van der Waals surface area contributed by atoms with Crippen LogP contribution in [0.15, 0.2) is 75.1 Å². The summed E-state index contributed by atoms with van der Waals surface area (Å²) in [6, 6.07) is 15.1. The molecule has 0 aliphatic heterocycles. The van der Waals surface area contributed by atoms with Crippen molar-refractivity contribution < 1.29 is 22.7 Å². The van der Waals surface area contributed by atoms with Crippen molar-refractivity contribution in [2.24, 2.45) is 14.1 Å². The molecule has 0 bridgehead atoms. The molecule has 0 aliphatic carbocycles. The molecule has 11 nitrogen and oxygen atoms in total. The summed E-state index contributed by atoms with van der Waals surface area (Å²) in [5, 5.41) is 2.35. The normalized spacial score (nSPS) is 11.1. The number of rotatable bonds is 10. The van der Waals surface area contributed by atoms with Crippen molar-refractivity contribution in [1.82, 2.24) is 9.13 Å². The summed E-state index contributed by atoms with van der Waals surface area (Å²) in [7, 11) is -1.32.